The van der Waals surface area contributed by atoms with E-state index >= 15 is 0 Å². The molecule has 0 spiro atoms. The highest BCUT2D eigenvalue weighted by Crippen LogP contribution is 2.33. The van der Waals surface area contributed by atoms with Crippen LogP contribution in [0, 0.1) is 0 Å². The van der Waals surface area contributed by atoms with Gasteiger partial charge >= 0.3 is 0 Å². The standard InChI is InChI=1S/C14H15ClN4O2/c1-7(2)13-17-18-14-12(15)16-8-5-10(20-3)11(21-4)6-9(8)19(13)14/h5-7H,1-4H3. The highest BCUT2D eigenvalue weighted by Gasteiger charge is 2.18. The van der Waals surface area contributed by atoms with Gasteiger partial charge in [0.1, 0.15) is 5.82 Å². The first-order chi connectivity index (χ1) is 10.1. The van der Waals surface area contributed by atoms with Crippen molar-refractivity contribution in [1.29, 1.82) is 0 Å². The summed E-state index contributed by atoms with van der Waals surface area (Å²) in [5, 5.41) is 8.67. The fourth-order valence-electron chi connectivity index (χ4n) is 2.32. The average Bonchev–Trinajstić information content (AvgIpc) is 2.92. The molecular formula is C14H15ClN4O2. The zero-order chi connectivity index (χ0) is 15.1. The molecule has 7 heteroatoms. The normalized spacial score (nSPS) is 11.5. The van der Waals surface area contributed by atoms with E-state index in [9.17, 15) is 0 Å². The SMILES string of the molecule is COc1cc2nc(Cl)c3nnc(C(C)C)n3c2cc1OC. The quantitative estimate of drug-likeness (QED) is 0.744. The minimum atomic E-state index is 0.203. The van der Waals surface area contributed by atoms with Crippen LogP contribution in [0.3, 0.4) is 0 Å². The first-order valence-corrected chi connectivity index (χ1v) is 6.91. The molecule has 21 heavy (non-hydrogen) atoms. The predicted octanol–water partition coefficient (Wildman–Crippen LogP) is 3.07. The van der Waals surface area contributed by atoms with E-state index in [1.165, 1.54) is 0 Å². The molecule has 1 aromatic carbocycles. The molecule has 3 rings (SSSR count). The van der Waals surface area contributed by atoms with Gasteiger partial charge in [0, 0.05) is 18.1 Å². The van der Waals surface area contributed by atoms with Crippen molar-refractivity contribution in [1.82, 2.24) is 19.6 Å². The topological polar surface area (TPSA) is 61.5 Å². The number of fused-ring (bicyclic) bond motifs is 3. The predicted molar refractivity (Wildman–Crippen MR) is 80.5 cm³/mol. The molecule has 0 bridgehead atoms. The number of aromatic nitrogens is 4. The number of methoxy groups -OCH3 is 2. The maximum atomic E-state index is 6.22. The largest absolute Gasteiger partial charge is 0.493 e. The highest BCUT2D eigenvalue weighted by molar-refractivity contribution is 6.32. The Bertz CT molecular complexity index is 829. The summed E-state index contributed by atoms with van der Waals surface area (Å²) in [7, 11) is 3.18. The summed E-state index contributed by atoms with van der Waals surface area (Å²) >= 11 is 6.22. The number of hydrogen-bond donors (Lipinski definition) is 0. The molecule has 0 N–H and O–H groups in total. The minimum absolute atomic E-state index is 0.203. The second kappa shape index (κ2) is 5.04. The molecule has 110 valence electrons. The first-order valence-electron chi connectivity index (χ1n) is 6.53. The fourth-order valence-corrected chi connectivity index (χ4v) is 2.54. The highest BCUT2D eigenvalue weighted by atomic mass is 35.5. The van der Waals surface area contributed by atoms with Gasteiger partial charge in [0.15, 0.2) is 22.3 Å². The Morgan fingerprint density at radius 1 is 1.10 bits per heavy atom. The lowest BCUT2D eigenvalue weighted by molar-refractivity contribution is 0.355. The molecule has 6 nitrogen and oxygen atoms in total. The first kappa shape index (κ1) is 13.9. The molecule has 0 radical (unpaired) electrons. The maximum absolute atomic E-state index is 6.22. The number of benzene rings is 1. The molecule has 0 aliphatic heterocycles. The van der Waals surface area contributed by atoms with E-state index < -0.39 is 0 Å². The summed E-state index contributed by atoms with van der Waals surface area (Å²) in [6.07, 6.45) is 0. The van der Waals surface area contributed by atoms with Crippen molar-refractivity contribution in [3.05, 3.63) is 23.1 Å². The van der Waals surface area contributed by atoms with Gasteiger partial charge in [-0.1, -0.05) is 25.4 Å². The van der Waals surface area contributed by atoms with Gasteiger partial charge < -0.3 is 9.47 Å². The summed E-state index contributed by atoms with van der Waals surface area (Å²) in [5.41, 5.74) is 2.08. The third-order valence-corrected chi connectivity index (χ3v) is 3.58. The molecule has 0 unspecified atom stereocenters. The Morgan fingerprint density at radius 3 is 2.38 bits per heavy atom. The minimum Gasteiger partial charge on any atom is -0.493 e. The van der Waals surface area contributed by atoms with Gasteiger partial charge in [0.25, 0.3) is 0 Å². The molecule has 0 amide bonds. The molecule has 0 fully saturated rings. The number of nitrogens with zero attached hydrogens (tertiary/aromatic N) is 4. The van der Waals surface area contributed by atoms with Crippen molar-refractivity contribution in [2.75, 3.05) is 14.2 Å². The molecule has 0 aliphatic rings. The zero-order valence-corrected chi connectivity index (χ0v) is 13.0. The van der Waals surface area contributed by atoms with Gasteiger partial charge in [-0.15, -0.1) is 10.2 Å². The van der Waals surface area contributed by atoms with Crippen LogP contribution in [-0.2, 0) is 0 Å². The van der Waals surface area contributed by atoms with E-state index in [1.54, 1.807) is 20.3 Å². The summed E-state index contributed by atoms with van der Waals surface area (Å²) in [4.78, 5) is 4.37. The van der Waals surface area contributed by atoms with E-state index in [0.29, 0.717) is 27.8 Å². The van der Waals surface area contributed by atoms with Crippen molar-refractivity contribution >= 4 is 28.3 Å². The Labute approximate surface area is 126 Å². The summed E-state index contributed by atoms with van der Waals surface area (Å²) in [6.45, 7) is 4.11. The summed E-state index contributed by atoms with van der Waals surface area (Å²) in [5.74, 6) is 2.26. The van der Waals surface area contributed by atoms with Crippen LogP contribution in [0.5, 0.6) is 11.5 Å². The second-order valence-electron chi connectivity index (χ2n) is 4.97. The number of ether oxygens (including phenoxy) is 2. The molecule has 3 aromatic rings. The van der Waals surface area contributed by atoms with E-state index in [4.69, 9.17) is 21.1 Å². The van der Waals surface area contributed by atoms with E-state index in [0.717, 1.165) is 11.3 Å². The van der Waals surface area contributed by atoms with Crippen molar-refractivity contribution < 1.29 is 9.47 Å². The summed E-state index contributed by atoms with van der Waals surface area (Å²) < 4.78 is 12.6. The number of halogens is 1. The lowest BCUT2D eigenvalue weighted by Crippen LogP contribution is -2.01. The van der Waals surface area contributed by atoms with Gasteiger partial charge in [-0.05, 0) is 0 Å². The smallest absolute Gasteiger partial charge is 0.199 e. The average molecular weight is 307 g/mol. The lowest BCUT2D eigenvalue weighted by atomic mass is 10.2. The monoisotopic (exact) mass is 306 g/mol. The maximum Gasteiger partial charge on any atom is 0.199 e. The summed E-state index contributed by atoms with van der Waals surface area (Å²) in [6, 6.07) is 3.66. The van der Waals surface area contributed by atoms with Crippen LogP contribution in [0.1, 0.15) is 25.6 Å². The fraction of sp³-hybridized carbons (Fsp3) is 0.357. The van der Waals surface area contributed by atoms with Crippen LogP contribution in [0.4, 0.5) is 0 Å². The molecular weight excluding hydrogens is 292 g/mol. The van der Waals surface area contributed by atoms with Crippen LogP contribution < -0.4 is 9.47 Å². The Balaban J connectivity index is 2.48. The lowest BCUT2D eigenvalue weighted by Gasteiger charge is -2.12. The van der Waals surface area contributed by atoms with Gasteiger partial charge in [0.05, 0.1) is 25.3 Å². The van der Waals surface area contributed by atoms with Gasteiger partial charge in [-0.2, -0.15) is 0 Å². The Kier molecular flexibility index (Phi) is 3.33. The molecule has 0 saturated heterocycles. The van der Waals surface area contributed by atoms with Crippen molar-refractivity contribution in [3.8, 4) is 11.5 Å². The van der Waals surface area contributed by atoms with E-state index in [1.807, 2.05) is 10.5 Å². The van der Waals surface area contributed by atoms with Gasteiger partial charge in [-0.25, -0.2) is 4.98 Å². The molecule has 0 saturated carbocycles. The molecule has 0 aliphatic carbocycles. The molecule has 0 atom stereocenters. The van der Waals surface area contributed by atoms with Crippen LogP contribution >= 0.6 is 11.6 Å². The number of rotatable bonds is 3. The van der Waals surface area contributed by atoms with Crippen LogP contribution in [-0.4, -0.2) is 33.8 Å². The van der Waals surface area contributed by atoms with Crippen LogP contribution in [0.25, 0.3) is 16.7 Å². The van der Waals surface area contributed by atoms with Crippen LogP contribution in [0.15, 0.2) is 12.1 Å². The van der Waals surface area contributed by atoms with Crippen molar-refractivity contribution in [2.24, 2.45) is 0 Å². The van der Waals surface area contributed by atoms with Crippen molar-refractivity contribution in [3.63, 3.8) is 0 Å². The Hall–Kier alpha value is -2.08. The second-order valence-corrected chi connectivity index (χ2v) is 5.33. The van der Waals surface area contributed by atoms with Crippen LogP contribution in [0.2, 0.25) is 5.15 Å². The third kappa shape index (κ3) is 2.06. The van der Waals surface area contributed by atoms with Gasteiger partial charge in [-0.3, -0.25) is 4.40 Å². The third-order valence-electron chi connectivity index (χ3n) is 3.33. The van der Waals surface area contributed by atoms with E-state index in [2.05, 4.69) is 29.0 Å². The van der Waals surface area contributed by atoms with Gasteiger partial charge in [0.2, 0.25) is 0 Å². The molecule has 2 aromatic heterocycles. The number of hydrogen-bond acceptors (Lipinski definition) is 5. The molecule has 2 heterocycles. The Morgan fingerprint density at radius 2 is 1.76 bits per heavy atom. The zero-order valence-electron chi connectivity index (χ0n) is 12.2. The van der Waals surface area contributed by atoms with Crippen molar-refractivity contribution in [2.45, 2.75) is 19.8 Å². The van der Waals surface area contributed by atoms with E-state index in [-0.39, 0.29) is 5.92 Å².